The van der Waals surface area contributed by atoms with Gasteiger partial charge in [-0.05, 0) is 50.3 Å². The third-order valence-corrected chi connectivity index (χ3v) is 3.29. The standard InChI is InChI=1S/C16H21NO2/c1-11(2)10-15(18)17-16(12-4-5-12)13-6-8-14(19-3)9-7-13/h6-10,12,16H,4-5H2,1-3H3,(H,17,18). The lowest BCUT2D eigenvalue weighted by Crippen LogP contribution is -2.28. The molecule has 102 valence electrons. The van der Waals surface area contributed by atoms with Gasteiger partial charge in [0.2, 0.25) is 5.91 Å². The molecule has 0 spiro atoms. The Morgan fingerprint density at radius 2 is 1.95 bits per heavy atom. The van der Waals surface area contributed by atoms with Crippen LogP contribution in [0.2, 0.25) is 0 Å². The average Bonchev–Trinajstić information content (AvgIpc) is 3.19. The SMILES string of the molecule is COc1ccc(C(NC(=O)C=C(C)C)C2CC2)cc1. The predicted octanol–water partition coefficient (Wildman–Crippen LogP) is 3.23. The van der Waals surface area contributed by atoms with E-state index in [4.69, 9.17) is 4.74 Å². The van der Waals surface area contributed by atoms with Crippen molar-refractivity contribution < 1.29 is 9.53 Å². The molecule has 1 N–H and O–H groups in total. The summed E-state index contributed by atoms with van der Waals surface area (Å²) in [5.41, 5.74) is 2.17. The molecule has 0 radical (unpaired) electrons. The van der Waals surface area contributed by atoms with E-state index in [1.165, 1.54) is 12.8 Å². The highest BCUT2D eigenvalue weighted by Crippen LogP contribution is 2.41. The van der Waals surface area contributed by atoms with Gasteiger partial charge in [0, 0.05) is 6.08 Å². The van der Waals surface area contributed by atoms with Gasteiger partial charge < -0.3 is 10.1 Å². The molecule has 1 aliphatic rings. The molecule has 0 bridgehead atoms. The van der Waals surface area contributed by atoms with Crippen molar-refractivity contribution in [2.75, 3.05) is 7.11 Å². The molecular weight excluding hydrogens is 238 g/mol. The van der Waals surface area contributed by atoms with Gasteiger partial charge in [-0.15, -0.1) is 0 Å². The van der Waals surface area contributed by atoms with Crippen LogP contribution in [0.15, 0.2) is 35.9 Å². The van der Waals surface area contributed by atoms with E-state index in [9.17, 15) is 4.79 Å². The molecular formula is C16H21NO2. The Hall–Kier alpha value is -1.77. The molecule has 1 aromatic carbocycles. The zero-order chi connectivity index (χ0) is 13.8. The molecule has 0 aliphatic heterocycles. The van der Waals surface area contributed by atoms with Gasteiger partial charge >= 0.3 is 0 Å². The van der Waals surface area contributed by atoms with E-state index in [0.717, 1.165) is 16.9 Å². The zero-order valence-electron chi connectivity index (χ0n) is 11.8. The van der Waals surface area contributed by atoms with Gasteiger partial charge in [0.05, 0.1) is 13.2 Å². The van der Waals surface area contributed by atoms with Crippen LogP contribution in [0.4, 0.5) is 0 Å². The van der Waals surface area contributed by atoms with Crippen LogP contribution in [0.3, 0.4) is 0 Å². The summed E-state index contributed by atoms with van der Waals surface area (Å²) < 4.78 is 5.16. The summed E-state index contributed by atoms with van der Waals surface area (Å²) in [4.78, 5) is 11.9. The number of ether oxygens (including phenoxy) is 1. The number of allylic oxidation sites excluding steroid dienone is 1. The summed E-state index contributed by atoms with van der Waals surface area (Å²) in [7, 11) is 1.66. The van der Waals surface area contributed by atoms with Crippen molar-refractivity contribution in [2.24, 2.45) is 5.92 Å². The van der Waals surface area contributed by atoms with Crippen molar-refractivity contribution in [3.8, 4) is 5.75 Å². The van der Waals surface area contributed by atoms with Crippen LogP contribution in [0.25, 0.3) is 0 Å². The Morgan fingerprint density at radius 1 is 1.32 bits per heavy atom. The van der Waals surface area contributed by atoms with E-state index < -0.39 is 0 Å². The zero-order valence-corrected chi connectivity index (χ0v) is 11.8. The highest BCUT2D eigenvalue weighted by Gasteiger charge is 2.33. The van der Waals surface area contributed by atoms with Gasteiger partial charge in [-0.3, -0.25) is 4.79 Å². The van der Waals surface area contributed by atoms with Crippen molar-refractivity contribution >= 4 is 5.91 Å². The molecule has 2 rings (SSSR count). The molecule has 1 unspecified atom stereocenters. The van der Waals surface area contributed by atoms with E-state index in [-0.39, 0.29) is 11.9 Å². The minimum absolute atomic E-state index is 0.00674. The van der Waals surface area contributed by atoms with Crippen LogP contribution >= 0.6 is 0 Å². The molecule has 3 nitrogen and oxygen atoms in total. The Labute approximate surface area is 114 Å². The number of carbonyl (C=O) groups is 1. The molecule has 19 heavy (non-hydrogen) atoms. The van der Waals surface area contributed by atoms with Crippen molar-refractivity contribution in [2.45, 2.75) is 32.7 Å². The van der Waals surface area contributed by atoms with Crippen molar-refractivity contribution in [1.29, 1.82) is 0 Å². The second-order valence-electron chi connectivity index (χ2n) is 5.32. The smallest absolute Gasteiger partial charge is 0.244 e. The van der Waals surface area contributed by atoms with Gasteiger partial charge in [-0.25, -0.2) is 0 Å². The fourth-order valence-electron chi connectivity index (χ4n) is 2.17. The van der Waals surface area contributed by atoms with E-state index in [1.54, 1.807) is 13.2 Å². The largest absolute Gasteiger partial charge is 0.497 e. The molecule has 1 saturated carbocycles. The number of rotatable bonds is 5. The Morgan fingerprint density at radius 3 is 2.42 bits per heavy atom. The highest BCUT2D eigenvalue weighted by molar-refractivity contribution is 5.88. The molecule has 0 heterocycles. The lowest BCUT2D eigenvalue weighted by molar-refractivity contribution is -0.117. The van der Waals surface area contributed by atoms with E-state index >= 15 is 0 Å². The fourth-order valence-corrected chi connectivity index (χ4v) is 2.17. The molecule has 3 heteroatoms. The number of carbonyl (C=O) groups excluding carboxylic acids is 1. The summed E-state index contributed by atoms with van der Waals surface area (Å²) in [5.74, 6) is 1.41. The van der Waals surface area contributed by atoms with Crippen molar-refractivity contribution in [3.05, 3.63) is 41.5 Å². The fraction of sp³-hybridized carbons (Fsp3) is 0.438. The second-order valence-corrected chi connectivity index (χ2v) is 5.32. The summed E-state index contributed by atoms with van der Waals surface area (Å²) in [6.45, 7) is 3.86. The monoisotopic (exact) mass is 259 g/mol. The van der Waals surface area contributed by atoms with Crippen LogP contribution in [0.1, 0.15) is 38.3 Å². The van der Waals surface area contributed by atoms with Gasteiger partial charge in [0.1, 0.15) is 5.75 Å². The molecule has 1 fully saturated rings. The molecule has 0 saturated heterocycles. The normalized spacial score (nSPS) is 15.5. The number of nitrogens with one attached hydrogen (secondary N) is 1. The Balaban J connectivity index is 2.11. The first-order valence-electron chi connectivity index (χ1n) is 6.69. The lowest BCUT2D eigenvalue weighted by atomic mass is 10.0. The number of hydrogen-bond donors (Lipinski definition) is 1. The third kappa shape index (κ3) is 3.85. The predicted molar refractivity (Wildman–Crippen MR) is 76.0 cm³/mol. The first kappa shape index (κ1) is 13.7. The molecule has 1 atom stereocenters. The highest BCUT2D eigenvalue weighted by atomic mass is 16.5. The Bertz CT molecular complexity index is 468. The van der Waals surface area contributed by atoms with Crippen LogP contribution in [0.5, 0.6) is 5.75 Å². The maximum Gasteiger partial charge on any atom is 0.244 e. The van der Waals surface area contributed by atoms with Gasteiger partial charge in [-0.1, -0.05) is 17.7 Å². The number of amides is 1. The van der Waals surface area contributed by atoms with E-state index in [1.807, 2.05) is 38.1 Å². The van der Waals surface area contributed by atoms with Crippen molar-refractivity contribution in [1.82, 2.24) is 5.32 Å². The number of benzene rings is 1. The van der Waals surface area contributed by atoms with Crippen LogP contribution in [-0.4, -0.2) is 13.0 Å². The third-order valence-electron chi connectivity index (χ3n) is 3.29. The summed E-state index contributed by atoms with van der Waals surface area (Å²) in [6, 6.07) is 8.07. The molecule has 1 amide bonds. The van der Waals surface area contributed by atoms with Gasteiger partial charge in [0.15, 0.2) is 0 Å². The van der Waals surface area contributed by atoms with Gasteiger partial charge in [-0.2, -0.15) is 0 Å². The summed E-state index contributed by atoms with van der Waals surface area (Å²) in [6.07, 6.45) is 4.02. The number of methoxy groups -OCH3 is 1. The first-order valence-corrected chi connectivity index (χ1v) is 6.69. The molecule has 0 aromatic heterocycles. The maximum atomic E-state index is 11.9. The minimum atomic E-state index is -0.00674. The second kappa shape index (κ2) is 5.91. The Kier molecular flexibility index (Phi) is 4.25. The summed E-state index contributed by atoms with van der Waals surface area (Å²) in [5, 5.41) is 3.11. The van der Waals surface area contributed by atoms with Crippen LogP contribution in [-0.2, 0) is 4.79 Å². The number of hydrogen-bond acceptors (Lipinski definition) is 2. The van der Waals surface area contributed by atoms with Crippen LogP contribution < -0.4 is 10.1 Å². The summed E-state index contributed by atoms with van der Waals surface area (Å²) >= 11 is 0. The lowest BCUT2D eigenvalue weighted by Gasteiger charge is -2.18. The minimum Gasteiger partial charge on any atom is -0.497 e. The van der Waals surface area contributed by atoms with E-state index in [2.05, 4.69) is 5.32 Å². The molecule has 1 aliphatic carbocycles. The van der Waals surface area contributed by atoms with E-state index in [0.29, 0.717) is 5.92 Å². The van der Waals surface area contributed by atoms with Crippen molar-refractivity contribution in [3.63, 3.8) is 0 Å². The average molecular weight is 259 g/mol. The molecule has 1 aromatic rings. The maximum absolute atomic E-state index is 11.9. The van der Waals surface area contributed by atoms with Gasteiger partial charge in [0.25, 0.3) is 0 Å². The quantitative estimate of drug-likeness (QED) is 0.824. The first-order chi connectivity index (χ1) is 9.10. The topological polar surface area (TPSA) is 38.3 Å². The van der Waals surface area contributed by atoms with Crippen LogP contribution in [0, 0.1) is 5.92 Å².